The number of rotatable bonds is 7. The van der Waals surface area contributed by atoms with Crippen molar-refractivity contribution in [2.24, 2.45) is 0 Å². The highest BCUT2D eigenvalue weighted by atomic mass is 16.3. The van der Waals surface area contributed by atoms with Gasteiger partial charge in [0.05, 0.1) is 5.41 Å². The lowest BCUT2D eigenvalue weighted by atomic mass is 9.68. The Bertz CT molecular complexity index is 3520. The molecule has 2 aliphatic carbocycles. The second-order valence-electron chi connectivity index (χ2n) is 17.1. The predicted molar refractivity (Wildman–Crippen MR) is 269 cm³/mol. The molecule has 0 unspecified atom stereocenters. The van der Waals surface area contributed by atoms with Crippen LogP contribution in [0.1, 0.15) is 22.3 Å². The summed E-state index contributed by atoms with van der Waals surface area (Å²) in [7, 11) is 0. The first-order valence-corrected chi connectivity index (χ1v) is 22.4. The van der Waals surface area contributed by atoms with E-state index in [1.807, 2.05) is 0 Å². The third kappa shape index (κ3) is 5.67. The minimum absolute atomic E-state index is 0.548. The zero-order chi connectivity index (χ0) is 42.9. The maximum Gasteiger partial charge on any atom is 0.140 e. The third-order valence-corrected chi connectivity index (χ3v) is 13.7. The molecule has 11 aromatic rings. The van der Waals surface area contributed by atoms with Crippen molar-refractivity contribution in [2.75, 3.05) is 4.90 Å². The van der Waals surface area contributed by atoms with E-state index in [4.69, 9.17) is 4.42 Å². The van der Waals surface area contributed by atoms with Gasteiger partial charge in [0.1, 0.15) is 11.3 Å². The molecule has 0 saturated carbocycles. The standard InChI is InChI=1S/C63H41NO/c1-3-16-42(17-4-1)43-30-36-47(37-31-43)64(48-38-32-45(33-39-48)51-21-8-7-20-50(51)44-18-5-2-6-19-44)49-40-34-46(35-41-49)52-25-15-26-56-60(52)63(61-55-24-11-14-29-59(55)65-62(56)61)57-27-12-9-22-53(57)54-23-10-13-28-58(54)63/h1-41H. The van der Waals surface area contributed by atoms with Crippen molar-refractivity contribution in [3.05, 3.63) is 271 Å². The molecule has 2 heteroatoms. The molecule has 0 fully saturated rings. The summed E-state index contributed by atoms with van der Waals surface area (Å²) in [6, 6.07) is 90.3. The minimum atomic E-state index is -0.548. The Kier molecular flexibility index (Phi) is 8.47. The SMILES string of the molecule is c1ccc(-c2ccc(N(c3ccc(-c4ccccc4-c4ccccc4)cc3)c3ccc(-c4cccc5c4C4(c6ccccc6-c6ccccc64)c4c-5oc5ccccc45)cc3)cc2)cc1. The summed E-state index contributed by atoms with van der Waals surface area (Å²) in [4.78, 5) is 2.37. The van der Waals surface area contributed by atoms with Gasteiger partial charge in [0.2, 0.25) is 0 Å². The van der Waals surface area contributed by atoms with Crippen LogP contribution in [0.25, 0.3) is 77.9 Å². The molecule has 0 bridgehead atoms. The summed E-state index contributed by atoms with van der Waals surface area (Å²) >= 11 is 0. The fourth-order valence-corrected chi connectivity index (χ4v) is 11.0. The molecule has 2 nitrogen and oxygen atoms in total. The average Bonchev–Trinajstić information content (AvgIpc) is 4.02. The number of anilines is 3. The van der Waals surface area contributed by atoms with Gasteiger partial charge in [-0.1, -0.05) is 206 Å². The van der Waals surface area contributed by atoms with E-state index >= 15 is 0 Å². The molecule has 304 valence electrons. The van der Waals surface area contributed by atoms with Gasteiger partial charge in [-0.2, -0.15) is 0 Å². The quantitative estimate of drug-likeness (QED) is 0.159. The summed E-state index contributed by atoms with van der Waals surface area (Å²) < 4.78 is 6.89. The van der Waals surface area contributed by atoms with Crippen LogP contribution in [0.2, 0.25) is 0 Å². The predicted octanol–water partition coefficient (Wildman–Crippen LogP) is 16.9. The van der Waals surface area contributed by atoms with E-state index in [0.29, 0.717) is 0 Å². The Morgan fingerprint density at radius 2 is 0.677 bits per heavy atom. The van der Waals surface area contributed by atoms with E-state index in [9.17, 15) is 0 Å². The van der Waals surface area contributed by atoms with Gasteiger partial charge in [-0.25, -0.2) is 0 Å². The number of hydrogen-bond acceptors (Lipinski definition) is 2. The largest absolute Gasteiger partial charge is 0.456 e. The topological polar surface area (TPSA) is 16.4 Å². The van der Waals surface area contributed by atoms with E-state index in [1.54, 1.807) is 0 Å². The highest BCUT2D eigenvalue weighted by Gasteiger charge is 2.55. The smallest absolute Gasteiger partial charge is 0.140 e. The molecule has 65 heavy (non-hydrogen) atoms. The molecule has 1 spiro atoms. The number of hydrogen-bond donors (Lipinski definition) is 0. The molecule has 0 amide bonds. The van der Waals surface area contributed by atoms with Crippen molar-refractivity contribution in [3.8, 4) is 67.0 Å². The Balaban J connectivity index is 0.953. The summed E-state index contributed by atoms with van der Waals surface area (Å²) in [6.45, 7) is 0. The van der Waals surface area contributed by atoms with Crippen LogP contribution >= 0.6 is 0 Å². The number of benzene rings is 10. The summed E-state index contributed by atoms with van der Waals surface area (Å²) in [5.74, 6) is 0.964. The van der Waals surface area contributed by atoms with Gasteiger partial charge in [0.15, 0.2) is 0 Å². The van der Waals surface area contributed by atoms with Gasteiger partial charge in [-0.05, 0) is 115 Å². The van der Waals surface area contributed by atoms with Gasteiger partial charge in [0.25, 0.3) is 0 Å². The number of para-hydroxylation sites is 1. The van der Waals surface area contributed by atoms with E-state index in [1.165, 1.54) is 72.3 Å². The molecule has 1 aromatic heterocycles. The number of fused-ring (bicyclic) bond motifs is 12. The van der Waals surface area contributed by atoms with E-state index < -0.39 is 5.41 Å². The Hall–Kier alpha value is -8.46. The van der Waals surface area contributed by atoms with Crippen molar-refractivity contribution in [3.63, 3.8) is 0 Å². The van der Waals surface area contributed by atoms with Crippen LogP contribution in [0.4, 0.5) is 17.1 Å². The van der Waals surface area contributed by atoms with Crippen molar-refractivity contribution >= 4 is 28.0 Å². The Labute approximate surface area is 379 Å². The van der Waals surface area contributed by atoms with E-state index in [-0.39, 0.29) is 0 Å². The first-order valence-electron chi connectivity index (χ1n) is 22.4. The van der Waals surface area contributed by atoms with Crippen LogP contribution in [0.5, 0.6) is 0 Å². The molecule has 0 N–H and O–H groups in total. The van der Waals surface area contributed by atoms with Gasteiger partial charge >= 0.3 is 0 Å². The second kappa shape index (κ2) is 14.8. The van der Waals surface area contributed by atoms with Crippen LogP contribution < -0.4 is 4.90 Å². The molecule has 13 rings (SSSR count). The van der Waals surface area contributed by atoms with Crippen LogP contribution in [-0.4, -0.2) is 0 Å². The normalized spacial score (nSPS) is 12.7. The van der Waals surface area contributed by atoms with Crippen LogP contribution in [0, 0.1) is 0 Å². The molecule has 0 saturated heterocycles. The molecule has 1 heterocycles. The Morgan fingerprint density at radius 3 is 1.26 bits per heavy atom. The lowest BCUT2D eigenvalue weighted by Gasteiger charge is -2.32. The highest BCUT2D eigenvalue weighted by molar-refractivity contribution is 6.04. The van der Waals surface area contributed by atoms with Gasteiger partial charge in [-0.15, -0.1) is 0 Å². The average molecular weight is 828 g/mol. The third-order valence-electron chi connectivity index (χ3n) is 13.7. The maximum atomic E-state index is 6.89. The van der Waals surface area contributed by atoms with Crippen molar-refractivity contribution < 1.29 is 4.42 Å². The van der Waals surface area contributed by atoms with Gasteiger partial charge in [0, 0.05) is 33.6 Å². The lowest BCUT2D eigenvalue weighted by Crippen LogP contribution is -2.26. The number of furan rings is 1. The zero-order valence-electron chi connectivity index (χ0n) is 35.5. The Morgan fingerprint density at radius 1 is 0.277 bits per heavy atom. The molecular formula is C63H41NO. The van der Waals surface area contributed by atoms with Crippen LogP contribution in [0.3, 0.4) is 0 Å². The molecule has 0 atom stereocenters. The second-order valence-corrected chi connectivity index (χ2v) is 17.1. The summed E-state index contributed by atoms with van der Waals surface area (Å²) in [6.07, 6.45) is 0. The van der Waals surface area contributed by atoms with E-state index in [0.717, 1.165) is 44.9 Å². The monoisotopic (exact) mass is 827 g/mol. The molecular weight excluding hydrogens is 787 g/mol. The molecule has 0 aliphatic heterocycles. The number of nitrogens with zero attached hydrogens (tertiary/aromatic N) is 1. The zero-order valence-corrected chi connectivity index (χ0v) is 35.5. The van der Waals surface area contributed by atoms with Crippen LogP contribution in [0.15, 0.2) is 253 Å². The lowest BCUT2D eigenvalue weighted by molar-refractivity contribution is 0.628. The fraction of sp³-hybridized carbons (Fsp3) is 0.0159. The first kappa shape index (κ1) is 37.1. The van der Waals surface area contributed by atoms with Gasteiger partial charge in [-0.3, -0.25) is 0 Å². The fourth-order valence-electron chi connectivity index (χ4n) is 11.0. The van der Waals surface area contributed by atoms with Crippen molar-refractivity contribution in [2.45, 2.75) is 5.41 Å². The molecule has 0 radical (unpaired) electrons. The summed E-state index contributed by atoms with van der Waals surface area (Å²) in [5, 5.41) is 1.16. The van der Waals surface area contributed by atoms with E-state index in [2.05, 4.69) is 254 Å². The molecule has 2 aliphatic rings. The molecule has 10 aromatic carbocycles. The highest BCUT2D eigenvalue weighted by Crippen LogP contribution is 2.66. The maximum absolute atomic E-state index is 6.89. The van der Waals surface area contributed by atoms with Gasteiger partial charge < -0.3 is 9.32 Å². The summed E-state index contributed by atoms with van der Waals surface area (Å²) in [5.41, 5.74) is 22.0. The first-order chi connectivity index (χ1) is 32.3. The van der Waals surface area contributed by atoms with Crippen molar-refractivity contribution in [1.29, 1.82) is 0 Å². The minimum Gasteiger partial charge on any atom is -0.456 e. The van der Waals surface area contributed by atoms with Crippen LogP contribution in [-0.2, 0) is 5.41 Å². The van der Waals surface area contributed by atoms with Crippen molar-refractivity contribution in [1.82, 2.24) is 0 Å².